The van der Waals surface area contributed by atoms with Crippen molar-refractivity contribution >= 4 is 19.7 Å². The zero-order valence-electron chi connectivity index (χ0n) is 12.0. The van der Waals surface area contributed by atoms with Crippen LogP contribution in [0.25, 0.3) is 0 Å². The molecule has 0 saturated carbocycles. The van der Waals surface area contributed by atoms with E-state index in [1.807, 2.05) is 38.1 Å². The Morgan fingerprint density at radius 3 is 2.25 bits per heavy atom. The van der Waals surface area contributed by atoms with Gasteiger partial charge in [0.2, 0.25) is 9.05 Å². The van der Waals surface area contributed by atoms with Crippen molar-refractivity contribution in [1.29, 1.82) is 0 Å². The molecule has 1 rings (SSSR count). The molecule has 0 aromatic heterocycles. The summed E-state index contributed by atoms with van der Waals surface area (Å²) >= 11 is 0. The summed E-state index contributed by atoms with van der Waals surface area (Å²) in [5, 5.41) is 0. The summed E-state index contributed by atoms with van der Waals surface area (Å²) in [6, 6.07) is 7.56. The summed E-state index contributed by atoms with van der Waals surface area (Å²) < 4.78 is 33.0. The molecular formula is C14H21ClO4S. The molecule has 0 N–H and O–H groups in total. The predicted molar refractivity (Wildman–Crippen MR) is 80.6 cm³/mol. The van der Waals surface area contributed by atoms with Gasteiger partial charge in [0.25, 0.3) is 0 Å². The lowest BCUT2D eigenvalue weighted by Crippen LogP contribution is -2.23. The summed E-state index contributed by atoms with van der Waals surface area (Å²) in [6.45, 7) is 4.73. The van der Waals surface area contributed by atoms with Crippen molar-refractivity contribution < 1.29 is 17.9 Å². The monoisotopic (exact) mass is 320 g/mol. The molecule has 0 radical (unpaired) electrons. The SMILES string of the molecule is COc1ccc(COCC(CS(=O)(=O)Cl)C(C)C)cc1. The Morgan fingerprint density at radius 1 is 1.20 bits per heavy atom. The van der Waals surface area contributed by atoms with Gasteiger partial charge in [-0.1, -0.05) is 26.0 Å². The molecule has 1 aromatic rings. The maximum absolute atomic E-state index is 11.1. The number of methoxy groups -OCH3 is 1. The zero-order chi connectivity index (χ0) is 15.2. The van der Waals surface area contributed by atoms with Gasteiger partial charge >= 0.3 is 0 Å². The van der Waals surface area contributed by atoms with Gasteiger partial charge in [0.1, 0.15) is 5.75 Å². The van der Waals surface area contributed by atoms with Crippen LogP contribution in [0.3, 0.4) is 0 Å². The molecule has 0 aliphatic rings. The highest BCUT2D eigenvalue weighted by Crippen LogP contribution is 2.17. The Labute approximate surface area is 125 Å². The van der Waals surface area contributed by atoms with E-state index in [-0.39, 0.29) is 17.6 Å². The first-order valence-electron chi connectivity index (χ1n) is 6.45. The summed E-state index contributed by atoms with van der Waals surface area (Å²) in [7, 11) is 3.42. The van der Waals surface area contributed by atoms with Gasteiger partial charge in [-0.2, -0.15) is 0 Å². The minimum absolute atomic E-state index is 0.0607. The van der Waals surface area contributed by atoms with E-state index in [9.17, 15) is 8.42 Å². The van der Waals surface area contributed by atoms with Crippen LogP contribution in [0.2, 0.25) is 0 Å². The summed E-state index contributed by atoms with van der Waals surface area (Å²) in [6.07, 6.45) is 0. The van der Waals surface area contributed by atoms with E-state index in [4.69, 9.17) is 20.2 Å². The molecule has 1 unspecified atom stereocenters. The molecule has 114 valence electrons. The third kappa shape index (κ3) is 6.59. The molecule has 0 bridgehead atoms. The van der Waals surface area contributed by atoms with Crippen molar-refractivity contribution in [2.24, 2.45) is 11.8 Å². The van der Waals surface area contributed by atoms with Crippen molar-refractivity contribution in [2.45, 2.75) is 20.5 Å². The molecule has 1 atom stereocenters. The molecule has 0 heterocycles. The number of rotatable bonds is 8. The van der Waals surface area contributed by atoms with E-state index in [0.717, 1.165) is 11.3 Å². The van der Waals surface area contributed by atoms with Gasteiger partial charge in [-0.15, -0.1) is 0 Å². The molecule has 1 aromatic carbocycles. The topological polar surface area (TPSA) is 52.6 Å². The lowest BCUT2D eigenvalue weighted by atomic mass is 9.99. The van der Waals surface area contributed by atoms with Crippen LogP contribution in [-0.4, -0.2) is 27.9 Å². The van der Waals surface area contributed by atoms with E-state index in [1.54, 1.807) is 7.11 Å². The second-order valence-electron chi connectivity index (χ2n) is 5.07. The van der Waals surface area contributed by atoms with Gasteiger partial charge in [-0.25, -0.2) is 8.42 Å². The Morgan fingerprint density at radius 2 is 1.80 bits per heavy atom. The number of ether oxygens (including phenoxy) is 2. The van der Waals surface area contributed by atoms with E-state index >= 15 is 0 Å². The zero-order valence-corrected chi connectivity index (χ0v) is 13.6. The van der Waals surface area contributed by atoms with Gasteiger partial charge in [-0.05, 0) is 29.5 Å². The molecule has 0 fully saturated rings. The minimum Gasteiger partial charge on any atom is -0.497 e. The number of hydrogen-bond acceptors (Lipinski definition) is 4. The van der Waals surface area contributed by atoms with Crippen molar-refractivity contribution in [3.8, 4) is 5.75 Å². The molecule has 6 heteroatoms. The van der Waals surface area contributed by atoms with Gasteiger partial charge < -0.3 is 9.47 Å². The van der Waals surface area contributed by atoms with Crippen LogP contribution in [-0.2, 0) is 20.4 Å². The highest BCUT2D eigenvalue weighted by molar-refractivity contribution is 8.13. The number of halogens is 1. The third-order valence-electron chi connectivity index (χ3n) is 3.12. The van der Waals surface area contributed by atoms with Crippen LogP contribution in [0.4, 0.5) is 0 Å². The van der Waals surface area contributed by atoms with Crippen molar-refractivity contribution in [2.75, 3.05) is 19.5 Å². The molecule has 0 saturated heterocycles. The molecule has 0 aliphatic carbocycles. The summed E-state index contributed by atoms with van der Waals surface area (Å²) in [5.41, 5.74) is 1.02. The van der Waals surface area contributed by atoms with Crippen LogP contribution in [0.1, 0.15) is 19.4 Å². The van der Waals surface area contributed by atoms with Gasteiger partial charge in [0.15, 0.2) is 0 Å². The third-order valence-corrected chi connectivity index (χ3v) is 4.32. The second-order valence-corrected chi connectivity index (χ2v) is 7.89. The normalized spacial score (nSPS) is 13.4. The van der Waals surface area contributed by atoms with Crippen LogP contribution < -0.4 is 4.74 Å². The minimum atomic E-state index is -3.50. The largest absolute Gasteiger partial charge is 0.497 e. The van der Waals surface area contributed by atoms with E-state index in [2.05, 4.69) is 0 Å². The fourth-order valence-electron chi connectivity index (χ4n) is 1.74. The number of hydrogen-bond donors (Lipinski definition) is 0. The first-order valence-corrected chi connectivity index (χ1v) is 8.92. The molecule has 20 heavy (non-hydrogen) atoms. The first kappa shape index (κ1) is 17.3. The molecule has 4 nitrogen and oxygen atoms in total. The first-order chi connectivity index (χ1) is 9.31. The smallest absolute Gasteiger partial charge is 0.232 e. The second kappa shape index (κ2) is 7.86. The van der Waals surface area contributed by atoms with E-state index in [1.165, 1.54) is 0 Å². The van der Waals surface area contributed by atoms with Crippen molar-refractivity contribution in [3.63, 3.8) is 0 Å². The maximum Gasteiger partial charge on any atom is 0.232 e. The highest BCUT2D eigenvalue weighted by atomic mass is 35.7. The fourth-order valence-corrected chi connectivity index (χ4v) is 3.22. The molecule has 0 spiro atoms. The van der Waals surface area contributed by atoms with Crippen LogP contribution in [0.15, 0.2) is 24.3 Å². The maximum atomic E-state index is 11.1. The highest BCUT2D eigenvalue weighted by Gasteiger charge is 2.20. The van der Waals surface area contributed by atoms with E-state index < -0.39 is 9.05 Å². The number of benzene rings is 1. The lowest BCUT2D eigenvalue weighted by molar-refractivity contribution is 0.0791. The van der Waals surface area contributed by atoms with Gasteiger partial charge in [0, 0.05) is 10.7 Å². The van der Waals surface area contributed by atoms with Crippen molar-refractivity contribution in [3.05, 3.63) is 29.8 Å². The lowest BCUT2D eigenvalue weighted by Gasteiger charge is -2.19. The molecular weight excluding hydrogens is 300 g/mol. The van der Waals surface area contributed by atoms with Crippen LogP contribution >= 0.6 is 10.7 Å². The quantitative estimate of drug-likeness (QED) is 0.691. The van der Waals surface area contributed by atoms with Gasteiger partial charge in [0.05, 0.1) is 26.1 Å². The standard InChI is InChI=1S/C14H21ClO4S/c1-11(2)13(10-20(15,16)17)9-19-8-12-4-6-14(18-3)7-5-12/h4-7,11,13H,8-10H2,1-3H3. The Bertz CT molecular complexity index is 496. The van der Waals surface area contributed by atoms with Crippen molar-refractivity contribution in [1.82, 2.24) is 0 Å². The van der Waals surface area contributed by atoms with E-state index in [0.29, 0.717) is 13.2 Å². The Hall–Kier alpha value is -0.780. The Kier molecular flexibility index (Phi) is 6.79. The van der Waals surface area contributed by atoms with Gasteiger partial charge in [-0.3, -0.25) is 0 Å². The average Bonchev–Trinajstić information content (AvgIpc) is 2.37. The molecule has 0 amide bonds. The van der Waals surface area contributed by atoms with Crippen LogP contribution in [0, 0.1) is 11.8 Å². The Balaban J connectivity index is 2.47. The summed E-state index contributed by atoms with van der Waals surface area (Å²) in [5.74, 6) is 0.826. The average molecular weight is 321 g/mol. The summed E-state index contributed by atoms with van der Waals surface area (Å²) in [4.78, 5) is 0. The molecule has 0 aliphatic heterocycles. The predicted octanol–water partition coefficient (Wildman–Crippen LogP) is 3.05. The fraction of sp³-hybridized carbons (Fsp3) is 0.571. The van der Waals surface area contributed by atoms with Crippen LogP contribution in [0.5, 0.6) is 5.75 Å².